The fourth-order valence-corrected chi connectivity index (χ4v) is 3.08. The smallest absolute Gasteiger partial charge is 0.218 e. The zero-order valence-corrected chi connectivity index (χ0v) is 12.5. The fraction of sp³-hybridized carbons (Fsp3) is 0.706. The second-order valence-electron chi connectivity index (χ2n) is 6.30. The lowest BCUT2D eigenvalue weighted by atomic mass is 9.85. The molecule has 0 radical (unpaired) electrons. The van der Waals surface area contributed by atoms with Crippen LogP contribution in [0.4, 0.5) is 0 Å². The Kier molecular flexibility index (Phi) is 4.56. The second kappa shape index (κ2) is 6.57. The quantitative estimate of drug-likeness (QED) is 0.859. The Hall–Kier alpha value is -1.09. The van der Waals surface area contributed by atoms with Gasteiger partial charge in [0.25, 0.3) is 0 Å². The van der Waals surface area contributed by atoms with Crippen molar-refractivity contribution < 1.29 is 4.74 Å². The van der Waals surface area contributed by atoms with E-state index in [1.54, 1.807) is 0 Å². The van der Waals surface area contributed by atoms with Gasteiger partial charge in [0.1, 0.15) is 6.10 Å². The van der Waals surface area contributed by atoms with Crippen molar-refractivity contribution in [1.29, 1.82) is 0 Å². The van der Waals surface area contributed by atoms with Gasteiger partial charge in [0.15, 0.2) is 0 Å². The number of nitrogens with one attached hydrogen (secondary N) is 1. The van der Waals surface area contributed by atoms with Gasteiger partial charge in [-0.15, -0.1) is 0 Å². The topological polar surface area (TPSA) is 34.1 Å². The average Bonchev–Trinajstić information content (AvgIpc) is 3.31. The Bertz CT molecular complexity index is 431. The van der Waals surface area contributed by atoms with E-state index in [2.05, 4.69) is 23.3 Å². The zero-order valence-electron chi connectivity index (χ0n) is 12.5. The molecular weight excluding hydrogens is 248 g/mol. The third-order valence-corrected chi connectivity index (χ3v) is 4.60. The Balaban J connectivity index is 1.60. The number of hydrogen-bond acceptors (Lipinski definition) is 3. The Morgan fingerprint density at radius 1 is 1.30 bits per heavy atom. The van der Waals surface area contributed by atoms with Crippen molar-refractivity contribution in [2.75, 3.05) is 0 Å². The molecule has 0 spiro atoms. The highest BCUT2D eigenvalue weighted by Gasteiger charge is 2.24. The average molecular weight is 274 g/mol. The van der Waals surface area contributed by atoms with Crippen molar-refractivity contribution in [2.24, 2.45) is 5.92 Å². The molecule has 0 saturated heterocycles. The van der Waals surface area contributed by atoms with Crippen LogP contribution in [0.2, 0.25) is 0 Å². The van der Waals surface area contributed by atoms with Gasteiger partial charge < -0.3 is 10.1 Å². The lowest BCUT2D eigenvalue weighted by Gasteiger charge is -2.29. The van der Waals surface area contributed by atoms with E-state index in [0.29, 0.717) is 6.10 Å². The first kappa shape index (κ1) is 13.9. The highest BCUT2D eigenvalue weighted by Crippen LogP contribution is 2.30. The van der Waals surface area contributed by atoms with Crippen molar-refractivity contribution in [1.82, 2.24) is 10.3 Å². The molecule has 1 N–H and O–H groups in total. The molecule has 1 aromatic heterocycles. The maximum atomic E-state index is 6.22. The molecule has 2 fully saturated rings. The summed E-state index contributed by atoms with van der Waals surface area (Å²) >= 11 is 0. The first-order valence-electron chi connectivity index (χ1n) is 8.19. The summed E-state index contributed by atoms with van der Waals surface area (Å²) in [6.07, 6.45) is 11.2. The molecule has 2 aliphatic rings. The molecule has 1 heterocycles. The van der Waals surface area contributed by atoms with Gasteiger partial charge in [0.05, 0.1) is 0 Å². The van der Waals surface area contributed by atoms with Gasteiger partial charge in [0.2, 0.25) is 5.88 Å². The summed E-state index contributed by atoms with van der Waals surface area (Å²) in [6, 6.07) is 4.87. The van der Waals surface area contributed by atoms with Gasteiger partial charge in [0, 0.05) is 24.3 Å². The van der Waals surface area contributed by atoms with E-state index >= 15 is 0 Å². The van der Waals surface area contributed by atoms with Crippen LogP contribution in [-0.2, 0) is 6.54 Å². The van der Waals surface area contributed by atoms with E-state index in [0.717, 1.165) is 24.4 Å². The van der Waals surface area contributed by atoms with Crippen molar-refractivity contribution in [3.63, 3.8) is 0 Å². The summed E-state index contributed by atoms with van der Waals surface area (Å²) < 4.78 is 6.22. The molecule has 0 amide bonds. The number of aromatic nitrogens is 1. The lowest BCUT2D eigenvalue weighted by Crippen LogP contribution is -2.26. The molecular formula is C17H26N2O. The van der Waals surface area contributed by atoms with E-state index in [1.165, 1.54) is 50.5 Å². The molecule has 3 rings (SSSR count). The van der Waals surface area contributed by atoms with Crippen molar-refractivity contribution in [2.45, 2.75) is 70.6 Å². The van der Waals surface area contributed by atoms with Crippen LogP contribution >= 0.6 is 0 Å². The monoisotopic (exact) mass is 274 g/mol. The number of hydrogen-bond donors (Lipinski definition) is 1. The maximum absolute atomic E-state index is 6.22. The van der Waals surface area contributed by atoms with E-state index in [9.17, 15) is 0 Å². The Morgan fingerprint density at radius 2 is 2.20 bits per heavy atom. The van der Waals surface area contributed by atoms with Crippen LogP contribution in [0.1, 0.15) is 57.4 Å². The molecule has 3 nitrogen and oxygen atoms in total. The molecule has 110 valence electrons. The molecule has 0 aromatic carbocycles. The van der Waals surface area contributed by atoms with Gasteiger partial charge in [-0.2, -0.15) is 0 Å². The largest absolute Gasteiger partial charge is 0.474 e. The number of nitrogens with zero attached hydrogens (tertiary/aromatic N) is 1. The molecule has 1 aromatic rings. The summed E-state index contributed by atoms with van der Waals surface area (Å²) in [5.41, 5.74) is 1.21. The van der Waals surface area contributed by atoms with Crippen molar-refractivity contribution in [3.05, 3.63) is 23.9 Å². The molecule has 0 bridgehead atoms. The van der Waals surface area contributed by atoms with E-state index in [4.69, 9.17) is 4.74 Å². The first-order valence-corrected chi connectivity index (χ1v) is 8.19. The molecule has 2 unspecified atom stereocenters. The minimum atomic E-state index is 0.364. The zero-order chi connectivity index (χ0) is 13.8. The molecule has 0 aliphatic heterocycles. The van der Waals surface area contributed by atoms with E-state index in [1.807, 2.05) is 12.3 Å². The van der Waals surface area contributed by atoms with Gasteiger partial charge in [-0.05, 0) is 44.1 Å². The van der Waals surface area contributed by atoms with E-state index < -0.39 is 0 Å². The van der Waals surface area contributed by atoms with Crippen molar-refractivity contribution in [3.8, 4) is 5.88 Å². The standard InChI is InChI=1S/C17H26N2O/c1-2-13-5-3-7-16(11-13)20-17-14(6-4-10-18-17)12-19-15-8-9-15/h4,6,10,13,15-16,19H,2-3,5,7-9,11-12H2,1H3. The van der Waals surface area contributed by atoms with Gasteiger partial charge in [-0.1, -0.05) is 25.8 Å². The van der Waals surface area contributed by atoms with Gasteiger partial charge >= 0.3 is 0 Å². The van der Waals surface area contributed by atoms with Crippen LogP contribution in [0.15, 0.2) is 18.3 Å². The highest BCUT2D eigenvalue weighted by atomic mass is 16.5. The first-order chi connectivity index (χ1) is 9.85. The van der Waals surface area contributed by atoms with Crippen LogP contribution in [-0.4, -0.2) is 17.1 Å². The fourth-order valence-electron chi connectivity index (χ4n) is 3.08. The Labute approximate surface area is 122 Å². The maximum Gasteiger partial charge on any atom is 0.218 e. The number of ether oxygens (including phenoxy) is 1. The lowest BCUT2D eigenvalue weighted by molar-refractivity contribution is 0.115. The highest BCUT2D eigenvalue weighted by molar-refractivity contribution is 5.25. The molecule has 20 heavy (non-hydrogen) atoms. The predicted molar refractivity (Wildman–Crippen MR) is 80.8 cm³/mol. The predicted octanol–water partition coefficient (Wildman–Crippen LogP) is 3.68. The summed E-state index contributed by atoms with van der Waals surface area (Å²) in [5, 5.41) is 3.55. The van der Waals surface area contributed by atoms with Gasteiger partial charge in [-0.3, -0.25) is 0 Å². The van der Waals surface area contributed by atoms with E-state index in [-0.39, 0.29) is 0 Å². The normalized spacial score (nSPS) is 26.4. The van der Waals surface area contributed by atoms with Crippen LogP contribution in [0.5, 0.6) is 5.88 Å². The SMILES string of the molecule is CCC1CCCC(Oc2ncccc2CNC2CC2)C1. The summed E-state index contributed by atoms with van der Waals surface area (Å²) in [6.45, 7) is 3.18. The van der Waals surface area contributed by atoms with Crippen LogP contribution in [0.3, 0.4) is 0 Å². The van der Waals surface area contributed by atoms with Crippen LogP contribution < -0.4 is 10.1 Å². The molecule has 3 heteroatoms. The van der Waals surface area contributed by atoms with Crippen LogP contribution in [0.25, 0.3) is 0 Å². The summed E-state index contributed by atoms with van der Waals surface area (Å²) in [4.78, 5) is 4.46. The van der Waals surface area contributed by atoms with Crippen molar-refractivity contribution >= 4 is 0 Å². The van der Waals surface area contributed by atoms with Gasteiger partial charge in [-0.25, -0.2) is 4.98 Å². The second-order valence-corrected chi connectivity index (χ2v) is 6.30. The molecule has 2 saturated carbocycles. The number of rotatable bonds is 6. The minimum Gasteiger partial charge on any atom is -0.474 e. The molecule has 2 aliphatic carbocycles. The third-order valence-electron chi connectivity index (χ3n) is 4.60. The summed E-state index contributed by atoms with van der Waals surface area (Å²) in [5.74, 6) is 1.69. The molecule has 2 atom stereocenters. The minimum absolute atomic E-state index is 0.364. The third kappa shape index (κ3) is 3.72. The Morgan fingerprint density at radius 3 is 3.00 bits per heavy atom. The number of pyridine rings is 1. The summed E-state index contributed by atoms with van der Waals surface area (Å²) in [7, 11) is 0. The van der Waals surface area contributed by atoms with Crippen LogP contribution in [0, 0.1) is 5.92 Å².